The Morgan fingerprint density at radius 2 is 1.54 bits per heavy atom. The Bertz CT molecular complexity index is 1000. The maximum absolute atomic E-state index is 10.4. The molecule has 3 aromatic heterocycles. The van der Waals surface area contributed by atoms with Crippen molar-refractivity contribution in [1.29, 1.82) is 0 Å². The van der Waals surface area contributed by atoms with Gasteiger partial charge in [0, 0.05) is 55.0 Å². The summed E-state index contributed by atoms with van der Waals surface area (Å²) in [7, 11) is 0. The van der Waals surface area contributed by atoms with Gasteiger partial charge < -0.3 is 18.8 Å². The number of aromatic nitrogens is 6. The monoisotopic (exact) mass is 350 g/mol. The lowest BCUT2D eigenvalue weighted by atomic mass is 9.87. The van der Waals surface area contributed by atoms with Crippen molar-refractivity contribution < 1.29 is 5.11 Å². The lowest BCUT2D eigenvalue weighted by molar-refractivity contribution is 0.172. The zero-order valence-electron chi connectivity index (χ0n) is 15.2. The van der Waals surface area contributed by atoms with Crippen LogP contribution in [0.1, 0.15) is 23.9 Å². The number of allylic oxidation sites excluding steroid dienone is 3. The highest BCUT2D eigenvalue weighted by Gasteiger charge is 2.35. The normalized spacial score (nSPS) is 20.2. The molecule has 4 rings (SSSR count). The maximum atomic E-state index is 10.4. The molecule has 0 radical (unpaired) electrons. The second-order valence-electron chi connectivity index (χ2n) is 6.68. The van der Waals surface area contributed by atoms with Gasteiger partial charge in [-0.25, -0.2) is 15.0 Å². The van der Waals surface area contributed by atoms with Gasteiger partial charge in [0.1, 0.15) is 17.5 Å². The van der Waals surface area contributed by atoms with Gasteiger partial charge in [-0.3, -0.25) is 0 Å². The third kappa shape index (κ3) is 2.52. The molecule has 7 nitrogen and oxygen atoms in total. The Labute approximate surface area is 152 Å². The molecule has 7 heteroatoms. The van der Waals surface area contributed by atoms with E-state index in [2.05, 4.69) is 31.7 Å². The van der Waals surface area contributed by atoms with E-state index in [9.17, 15) is 5.11 Å². The smallest absolute Gasteiger partial charge is 0.110 e. The molecule has 1 atom stereocenters. The summed E-state index contributed by atoms with van der Waals surface area (Å²) in [4.78, 5) is 13.1. The quantitative estimate of drug-likeness (QED) is 0.784. The predicted molar refractivity (Wildman–Crippen MR) is 99.1 cm³/mol. The van der Waals surface area contributed by atoms with Gasteiger partial charge in [-0.1, -0.05) is 0 Å². The van der Waals surface area contributed by atoms with Gasteiger partial charge in [-0.2, -0.15) is 0 Å². The Kier molecular flexibility index (Phi) is 3.88. The molecular formula is C19H22N6O. The van der Waals surface area contributed by atoms with Crippen LogP contribution in [0.5, 0.6) is 0 Å². The van der Waals surface area contributed by atoms with E-state index in [0.29, 0.717) is 6.42 Å². The highest BCUT2D eigenvalue weighted by molar-refractivity contribution is 5.73. The van der Waals surface area contributed by atoms with Crippen molar-refractivity contribution in [2.24, 2.45) is 0 Å². The molecule has 0 saturated heterocycles. The van der Waals surface area contributed by atoms with Gasteiger partial charge in [-0.15, -0.1) is 0 Å². The van der Waals surface area contributed by atoms with Crippen molar-refractivity contribution in [2.45, 2.75) is 32.7 Å². The number of aliphatic hydroxyl groups is 1. The Morgan fingerprint density at radius 1 is 0.923 bits per heavy atom. The first-order chi connectivity index (χ1) is 12.5. The molecular weight excluding hydrogens is 328 g/mol. The van der Waals surface area contributed by atoms with Crippen molar-refractivity contribution in [2.75, 3.05) is 6.61 Å². The molecule has 134 valence electrons. The van der Waals surface area contributed by atoms with Crippen LogP contribution in [-0.2, 0) is 5.54 Å². The lowest BCUT2D eigenvalue weighted by Crippen LogP contribution is -2.39. The maximum Gasteiger partial charge on any atom is 0.110 e. The molecule has 0 bridgehead atoms. The van der Waals surface area contributed by atoms with Crippen LogP contribution in [0.2, 0.25) is 0 Å². The predicted octanol–water partition coefficient (Wildman–Crippen LogP) is 2.37. The molecule has 1 aliphatic carbocycles. The zero-order chi connectivity index (χ0) is 18.3. The number of hydrogen-bond acceptors (Lipinski definition) is 4. The van der Waals surface area contributed by atoms with Gasteiger partial charge >= 0.3 is 0 Å². The Hall–Kier alpha value is -2.93. The number of nitrogens with zero attached hydrogens (tertiary/aromatic N) is 6. The highest BCUT2D eigenvalue weighted by Crippen LogP contribution is 2.37. The van der Waals surface area contributed by atoms with Gasteiger partial charge in [0.2, 0.25) is 0 Å². The molecule has 1 aliphatic rings. The second-order valence-corrected chi connectivity index (χ2v) is 6.68. The van der Waals surface area contributed by atoms with Crippen molar-refractivity contribution in [3.63, 3.8) is 0 Å². The second kappa shape index (κ2) is 6.10. The highest BCUT2D eigenvalue weighted by atomic mass is 16.3. The third-order valence-corrected chi connectivity index (χ3v) is 5.04. The number of imidazole rings is 3. The average Bonchev–Trinajstić information content (AvgIpc) is 3.36. The number of aliphatic hydroxyl groups excluding tert-OH is 1. The van der Waals surface area contributed by atoms with E-state index in [1.165, 1.54) is 0 Å². The number of aryl methyl sites for hydroxylation is 3. The minimum Gasteiger partial charge on any atom is -0.394 e. The van der Waals surface area contributed by atoms with E-state index in [1.807, 2.05) is 48.5 Å². The first kappa shape index (κ1) is 16.5. The van der Waals surface area contributed by atoms with Gasteiger partial charge in [-0.05, 0) is 32.9 Å². The standard InChI is InChI=1S/C19H22N6O/c1-14-20-4-7-23(14)17-10-18(24-8-5-21-15(24)2)12-19(11-17,13-26)25-9-6-22-16(25)3/h4-11,26H,12-13H2,1-3H3. The molecule has 0 spiro atoms. The van der Waals surface area contributed by atoms with Crippen LogP contribution in [0.3, 0.4) is 0 Å². The minimum absolute atomic E-state index is 0.0352. The molecule has 0 aliphatic heterocycles. The van der Waals surface area contributed by atoms with E-state index in [0.717, 1.165) is 28.9 Å². The van der Waals surface area contributed by atoms with Crippen LogP contribution in [0, 0.1) is 20.8 Å². The molecule has 0 amide bonds. The summed E-state index contributed by atoms with van der Waals surface area (Å²) in [6.07, 6.45) is 16.0. The molecule has 3 heterocycles. The van der Waals surface area contributed by atoms with E-state index in [4.69, 9.17) is 0 Å². The number of hydrogen-bond donors (Lipinski definition) is 1. The SMILES string of the molecule is Cc1nccn1C1=CC(CO)(n2ccnc2C)CC(n2ccnc2C)=C1. The van der Waals surface area contributed by atoms with Crippen molar-refractivity contribution >= 4 is 11.4 Å². The number of rotatable bonds is 4. The molecule has 1 N–H and O–H groups in total. The fraction of sp³-hybridized carbons (Fsp3) is 0.316. The average molecular weight is 350 g/mol. The summed E-state index contributed by atoms with van der Waals surface area (Å²) in [6, 6.07) is 0. The van der Waals surface area contributed by atoms with Crippen molar-refractivity contribution in [3.8, 4) is 0 Å². The fourth-order valence-electron chi connectivity index (χ4n) is 3.71. The summed E-state index contributed by atoms with van der Waals surface area (Å²) in [5.41, 5.74) is 1.41. The molecule has 1 unspecified atom stereocenters. The van der Waals surface area contributed by atoms with E-state index >= 15 is 0 Å². The van der Waals surface area contributed by atoms with E-state index in [1.54, 1.807) is 18.6 Å². The molecule has 0 fully saturated rings. The molecule has 26 heavy (non-hydrogen) atoms. The van der Waals surface area contributed by atoms with Gasteiger partial charge in [0.15, 0.2) is 0 Å². The Balaban J connectivity index is 1.93. The van der Waals surface area contributed by atoms with Gasteiger partial charge in [0.25, 0.3) is 0 Å². The van der Waals surface area contributed by atoms with Crippen molar-refractivity contribution in [3.05, 3.63) is 66.8 Å². The first-order valence-electron chi connectivity index (χ1n) is 8.59. The van der Waals surface area contributed by atoms with Crippen LogP contribution in [0.25, 0.3) is 11.4 Å². The third-order valence-electron chi connectivity index (χ3n) is 5.04. The van der Waals surface area contributed by atoms with E-state index < -0.39 is 5.54 Å². The molecule has 0 aromatic carbocycles. The molecule has 3 aromatic rings. The summed E-state index contributed by atoms with van der Waals surface area (Å²) in [5, 5.41) is 10.4. The Morgan fingerprint density at radius 3 is 2.08 bits per heavy atom. The summed E-state index contributed by atoms with van der Waals surface area (Å²) in [6.45, 7) is 5.86. The summed E-state index contributed by atoms with van der Waals surface area (Å²) in [5.74, 6) is 2.67. The lowest BCUT2D eigenvalue weighted by Gasteiger charge is -2.36. The van der Waals surface area contributed by atoms with Crippen LogP contribution >= 0.6 is 0 Å². The van der Waals surface area contributed by atoms with Crippen molar-refractivity contribution in [1.82, 2.24) is 28.7 Å². The largest absolute Gasteiger partial charge is 0.394 e. The van der Waals surface area contributed by atoms with Crippen LogP contribution in [0.4, 0.5) is 0 Å². The first-order valence-corrected chi connectivity index (χ1v) is 8.59. The van der Waals surface area contributed by atoms with Gasteiger partial charge in [0.05, 0.1) is 12.1 Å². The fourth-order valence-corrected chi connectivity index (χ4v) is 3.71. The van der Waals surface area contributed by atoms with Crippen LogP contribution in [0.15, 0.2) is 49.3 Å². The van der Waals surface area contributed by atoms with E-state index in [-0.39, 0.29) is 6.61 Å². The summed E-state index contributed by atoms with van der Waals surface area (Å²) < 4.78 is 6.14. The van der Waals surface area contributed by atoms with Crippen LogP contribution < -0.4 is 0 Å². The summed E-state index contributed by atoms with van der Waals surface area (Å²) >= 11 is 0. The topological polar surface area (TPSA) is 73.7 Å². The molecule has 0 saturated carbocycles. The van der Waals surface area contributed by atoms with Crippen LogP contribution in [-0.4, -0.2) is 40.4 Å². The minimum atomic E-state index is -0.618. The zero-order valence-corrected chi connectivity index (χ0v) is 15.2.